The van der Waals surface area contributed by atoms with Gasteiger partial charge in [0.2, 0.25) is 10.0 Å². The zero-order chi connectivity index (χ0) is 20.1. The fourth-order valence-electron chi connectivity index (χ4n) is 3.59. The van der Waals surface area contributed by atoms with Gasteiger partial charge < -0.3 is 19.7 Å². The Morgan fingerprint density at radius 2 is 1.97 bits per heavy atom. The summed E-state index contributed by atoms with van der Waals surface area (Å²) < 4.78 is 38.1. The molecular formula is C19H31IN4O4S. The Morgan fingerprint density at radius 3 is 2.62 bits per heavy atom. The number of morpholine rings is 1. The second-order valence-electron chi connectivity index (χ2n) is 7.20. The first-order valence-corrected chi connectivity index (χ1v) is 11.1. The molecule has 2 aliphatic heterocycles. The standard InChI is InChI=1S/C19H30N4O4S.HI/c1-20-19(23-10-12-27-17(14-23)16-8-6-11-26-16)21-13-15-7-4-5-9-18(15)28(24,25)22(2)3;/h4-5,7,9,16-17H,6,8,10-14H2,1-3H3,(H,20,21);1H. The number of rotatable bonds is 5. The Labute approximate surface area is 190 Å². The van der Waals surface area contributed by atoms with Gasteiger partial charge in [-0.2, -0.15) is 0 Å². The lowest BCUT2D eigenvalue weighted by molar-refractivity contribution is -0.0817. The zero-order valence-electron chi connectivity index (χ0n) is 17.2. The van der Waals surface area contributed by atoms with E-state index in [9.17, 15) is 8.42 Å². The normalized spacial score (nSPS) is 23.2. The SMILES string of the molecule is CN=C(NCc1ccccc1S(=O)(=O)N(C)C)N1CCOC(C2CCCO2)C1.I. The fourth-order valence-corrected chi connectivity index (χ4v) is 4.71. The molecule has 10 heteroatoms. The van der Waals surface area contributed by atoms with Gasteiger partial charge in [-0.25, -0.2) is 12.7 Å². The quantitative estimate of drug-likeness (QED) is 0.348. The summed E-state index contributed by atoms with van der Waals surface area (Å²) in [5.41, 5.74) is 0.710. The van der Waals surface area contributed by atoms with Gasteiger partial charge in [0.05, 0.1) is 17.6 Å². The van der Waals surface area contributed by atoms with Crippen LogP contribution in [0.15, 0.2) is 34.2 Å². The highest BCUT2D eigenvalue weighted by molar-refractivity contribution is 14.0. The second-order valence-corrected chi connectivity index (χ2v) is 9.32. The van der Waals surface area contributed by atoms with Gasteiger partial charge in [-0.05, 0) is 24.5 Å². The number of nitrogens with one attached hydrogen (secondary N) is 1. The minimum atomic E-state index is -3.50. The van der Waals surface area contributed by atoms with E-state index in [1.807, 2.05) is 12.1 Å². The molecule has 0 spiro atoms. The van der Waals surface area contributed by atoms with E-state index in [0.29, 0.717) is 30.2 Å². The van der Waals surface area contributed by atoms with Gasteiger partial charge in [-0.15, -0.1) is 24.0 Å². The molecule has 1 N–H and O–H groups in total. The largest absolute Gasteiger partial charge is 0.375 e. The van der Waals surface area contributed by atoms with Crippen LogP contribution in [0.4, 0.5) is 0 Å². The lowest BCUT2D eigenvalue weighted by Crippen LogP contribution is -2.53. The van der Waals surface area contributed by atoms with Crippen LogP contribution in [0.1, 0.15) is 18.4 Å². The van der Waals surface area contributed by atoms with Crippen LogP contribution in [0, 0.1) is 0 Å². The number of sulfonamides is 1. The van der Waals surface area contributed by atoms with Crippen molar-refractivity contribution in [1.29, 1.82) is 0 Å². The summed E-state index contributed by atoms with van der Waals surface area (Å²) in [6, 6.07) is 7.04. The summed E-state index contributed by atoms with van der Waals surface area (Å²) in [5.74, 6) is 0.739. The number of halogens is 1. The molecule has 2 fully saturated rings. The molecule has 2 atom stereocenters. The van der Waals surface area contributed by atoms with Crippen molar-refractivity contribution in [2.45, 2.75) is 36.5 Å². The zero-order valence-corrected chi connectivity index (χ0v) is 20.4. The summed E-state index contributed by atoms with van der Waals surface area (Å²) in [6.45, 7) is 3.24. The maximum absolute atomic E-state index is 12.6. The summed E-state index contributed by atoms with van der Waals surface area (Å²) in [4.78, 5) is 6.85. The molecule has 0 bridgehead atoms. The fraction of sp³-hybridized carbons (Fsp3) is 0.632. The molecule has 1 aromatic carbocycles. The molecule has 0 aliphatic carbocycles. The van der Waals surface area contributed by atoms with E-state index in [0.717, 1.165) is 32.0 Å². The summed E-state index contributed by atoms with van der Waals surface area (Å²) in [5, 5.41) is 3.31. The molecule has 164 valence electrons. The number of guanidine groups is 1. The average molecular weight is 538 g/mol. The van der Waals surface area contributed by atoms with Gasteiger partial charge in [0, 0.05) is 47.4 Å². The van der Waals surface area contributed by atoms with Crippen LogP contribution in [-0.4, -0.2) is 83.2 Å². The van der Waals surface area contributed by atoms with Crippen molar-refractivity contribution >= 4 is 40.0 Å². The lowest BCUT2D eigenvalue weighted by Gasteiger charge is -2.37. The third kappa shape index (κ3) is 5.81. The lowest BCUT2D eigenvalue weighted by atomic mass is 10.1. The molecule has 0 aromatic heterocycles. The summed E-state index contributed by atoms with van der Waals surface area (Å²) in [6.07, 6.45) is 2.29. The molecule has 8 nitrogen and oxygen atoms in total. The minimum absolute atomic E-state index is 0. The van der Waals surface area contributed by atoms with Crippen molar-refractivity contribution in [2.75, 3.05) is 47.4 Å². The number of hydrogen-bond donors (Lipinski definition) is 1. The van der Waals surface area contributed by atoms with Gasteiger partial charge >= 0.3 is 0 Å². The smallest absolute Gasteiger partial charge is 0.242 e. The van der Waals surface area contributed by atoms with Gasteiger partial charge in [0.1, 0.15) is 6.10 Å². The van der Waals surface area contributed by atoms with E-state index >= 15 is 0 Å². The molecule has 1 aromatic rings. The van der Waals surface area contributed by atoms with Gasteiger partial charge in [0.15, 0.2) is 5.96 Å². The highest BCUT2D eigenvalue weighted by Crippen LogP contribution is 2.21. The molecule has 2 saturated heterocycles. The Balaban J connectivity index is 0.00000300. The van der Waals surface area contributed by atoms with Crippen LogP contribution < -0.4 is 5.32 Å². The summed E-state index contributed by atoms with van der Waals surface area (Å²) >= 11 is 0. The van der Waals surface area contributed by atoms with Crippen LogP contribution in [0.25, 0.3) is 0 Å². The molecule has 2 aliphatic rings. The monoisotopic (exact) mass is 538 g/mol. The van der Waals surface area contributed by atoms with E-state index in [1.54, 1.807) is 19.2 Å². The molecule has 0 saturated carbocycles. The maximum Gasteiger partial charge on any atom is 0.242 e. The number of ether oxygens (including phenoxy) is 2. The van der Waals surface area contributed by atoms with E-state index in [2.05, 4.69) is 15.2 Å². The second kappa shape index (κ2) is 10.9. The van der Waals surface area contributed by atoms with Crippen molar-refractivity contribution in [1.82, 2.24) is 14.5 Å². The van der Waals surface area contributed by atoms with E-state index in [1.165, 1.54) is 18.4 Å². The van der Waals surface area contributed by atoms with Crippen molar-refractivity contribution in [3.05, 3.63) is 29.8 Å². The molecule has 2 unspecified atom stereocenters. The molecule has 0 amide bonds. The van der Waals surface area contributed by atoms with Crippen LogP contribution in [-0.2, 0) is 26.0 Å². The summed E-state index contributed by atoms with van der Waals surface area (Å²) in [7, 11) is 1.31. The van der Waals surface area contributed by atoms with Crippen LogP contribution >= 0.6 is 24.0 Å². The molecule has 2 heterocycles. The molecule has 0 radical (unpaired) electrons. The van der Waals surface area contributed by atoms with Gasteiger partial charge in [-0.1, -0.05) is 18.2 Å². The third-order valence-corrected chi connectivity index (χ3v) is 7.07. The average Bonchev–Trinajstić information content (AvgIpc) is 3.24. The van der Waals surface area contributed by atoms with Gasteiger partial charge in [0.25, 0.3) is 0 Å². The van der Waals surface area contributed by atoms with E-state index in [-0.39, 0.29) is 36.2 Å². The first kappa shape index (κ1) is 24.3. The topological polar surface area (TPSA) is 83.5 Å². The molecule has 29 heavy (non-hydrogen) atoms. The maximum atomic E-state index is 12.6. The van der Waals surface area contributed by atoms with Crippen molar-refractivity contribution in [3.63, 3.8) is 0 Å². The predicted molar refractivity (Wildman–Crippen MR) is 123 cm³/mol. The van der Waals surface area contributed by atoms with Crippen LogP contribution in [0.3, 0.4) is 0 Å². The number of aliphatic imine (C=N–C) groups is 1. The Morgan fingerprint density at radius 1 is 1.24 bits per heavy atom. The number of benzene rings is 1. The Hall–Kier alpha value is -0.950. The van der Waals surface area contributed by atoms with Crippen LogP contribution in [0.5, 0.6) is 0 Å². The first-order chi connectivity index (χ1) is 13.4. The van der Waals surface area contributed by atoms with Crippen molar-refractivity contribution in [3.8, 4) is 0 Å². The molecule has 3 rings (SSSR count). The highest BCUT2D eigenvalue weighted by atomic mass is 127. The van der Waals surface area contributed by atoms with E-state index < -0.39 is 10.0 Å². The van der Waals surface area contributed by atoms with Crippen LogP contribution in [0.2, 0.25) is 0 Å². The number of nitrogens with zero attached hydrogens (tertiary/aromatic N) is 3. The first-order valence-electron chi connectivity index (χ1n) is 9.62. The number of hydrogen-bond acceptors (Lipinski definition) is 5. The highest BCUT2D eigenvalue weighted by Gasteiger charge is 2.32. The predicted octanol–water partition coefficient (Wildman–Crippen LogP) is 1.51. The Kier molecular flexibility index (Phi) is 9.14. The van der Waals surface area contributed by atoms with Gasteiger partial charge in [-0.3, -0.25) is 4.99 Å². The van der Waals surface area contributed by atoms with E-state index in [4.69, 9.17) is 9.47 Å². The van der Waals surface area contributed by atoms with Crippen molar-refractivity contribution in [2.24, 2.45) is 4.99 Å². The minimum Gasteiger partial charge on any atom is -0.375 e. The molecular weight excluding hydrogens is 507 g/mol. The third-order valence-electron chi connectivity index (χ3n) is 5.15. The Bertz CT molecular complexity index is 797. The van der Waals surface area contributed by atoms with Crippen molar-refractivity contribution < 1.29 is 17.9 Å².